The van der Waals surface area contributed by atoms with E-state index in [2.05, 4.69) is 5.32 Å². The molecule has 1 aliphatic carbocycles. The molecule has 0 spiro atoms. The van der Waals surface area contributed by atoms with Crippen LogP contribution in [0.5, 0.6) is 0 Å². The summed E-state index contributed by atoms with van der Waals surface area (Å²) in [6.45, 7) is 1.87. The molecule has 98 valence electrons. The lowest BCUT2D eigenvalue weighted by Crippen LogP contribution is -2.36. The summed E-state index contributed by atoms with van der Waals surface area (Å²) in [6, 6.07) is 0. The Bertz CT molecular complexity index is 251. The van der Waals surface area contributed by atoms with E-state index < -0.39 is 0 Å². The van der Waals surface area contributed by atoms with Crippen LogP contribution in [0.4, 0.5) is 0 Å². The first-order chi connectivity index (χ1) is 8.29. The highest BCUT2D eigenvalue weighted by atomic mass is 16.5. The molecule has 2 atom stereocenters. The van der Waals surface area contributed by atoms with Gasteiger partial charge in [-0.1, -0.05) is 0 Å². The van der Waals surface area contributed by atoms with Crippen molar-refractivity contribution in [2.75, 3.05) is 20.2 Å². The molecular weight excluding hydrogens is 218 g/mol. The topological polar surface area (TPSA) is 47.6 Å². The summed E-state index contributed by atoms with van der Waals surface area (Å²) in [6.07, 6.45) is 6.24. The van der Waals surface area contributed by atoms with Crippen LogP contribution in [0.2, 0.25) is 0 Å². The number of methoxy groups -OCH3 is 1. The summed E-state index contributed by atoms with van der Waals surface area (Å²) in [5.41, 5.74) is 0. The van der Waals surface area contributed by atoms with Gasteiger partial charge in [-0.25, -0.2) is 0 Å². The minimum atomic E-state index is 0.00764. The second kappa shape index (κ2) is 6.36. The second-order valence-corrected chi connectivity index (χ2v) is 5.11. The zero-order valence-corrected chi connectivity index (χ0v) is 10.6. The predicted octanol–water partition coefficient (Wildman–Crippen LogP) is 1.49. The molecule has 1 heterocycles. The number of piperidine rings is 1. The summed E-state index contributed by atoms with van der Waals surface area (Å²) < 4.78 is 11.0. The molecule has 2 unspecified atom stereocenters. The number of hydrogen-bond acceptors (Lipinski definition) is 4. The first-order valence-corrected chi connectivity index (χ1v) is 6.73. The van der Waals surface area contributed by atoms with Gasteiger partial charge in [0.25, 0.3) is 0 Å². The van der Waals surface area contributed by atoms with Crippen molar-refractivity contribution in [2.45, 2.75) is 50.7 Å². The van der Waals surface area contributed by atoms with Crippen molar-refractivity contribution in [1.29, 1.82) is 0 Å². The number of ether oxygens (including phenoxy) is 2. The molecule has 0 amide bonds. The maximum absolute atomic E-state index is 12.0. The van der Waals surface area contributed by atoms with E-state index in [9.17, 15) is 4.79 Å². The maximum atomic E-state index is 12.0. The van der Waals surface area contributed by atoms with E-state index in [0.717, 1.165) is 51.6 Å². The van der Waals surface area contributed by atoms with Crippen LogP contribution in [-0.4, -0.2) is 38.4 Å². The SMILES string of the molecule is COC1CCCC(OC(=O)C2CCNCC2)C1. The van der Waals surface area contributed by atoms with E-state index in [4.69, 9.17) is 9.47 Å². The Morgan fingerprint density at radius 3 is 2.53 bits per heavy atom. The molecule has 1 N–H and O–H groups in total. The van der Waals surface area contributed by atoms with E-state index in [0.29, 0.717) is 0 Å². The lowest BCUT2D eigenvalue weighted by Gasteiger charge is -2.30. The summed E-state index contributed by atoms with van der Waals surface area (Å²) in [5.74, 6) is 0.118. The third-order valence-electron chi connectivity index (χ3n) is 3.87. The van der Waals surface area contributed by atoms with E-state index in [1.165, 1.54) is 0 Å². The Morgan fingerprint density at radius 2 is 1.82 bits per heavy atom. The van der Waals surface area contributed by atoms with Gasteiger partial charge < -0.3 is 14.8 Å². The van der Waals surface area contributed by atoms with Crippen LogP contribution >= 0.6 is 0 Å². The first-order valence-electron chi connectivity index (χ1n) is 6.73. The molecule has 0 aromatic carbocycles. The molecule has 4 heteroatoms. The molecule has 1 saturated heterocycles. The van der Waals surface area contributed by atoms with Crippen LogP contribution in [0.3, 0.4) is 0 Å². The summed E-state index contributed by atoms with van der Waals surface area (Å²) in [4.78, 5) is 12.0. The molecule has 0 aromatic heterocycles. The Morgan fingerprint density at radius 1 is 1.12 bits per heavy atom. The maximum Gasteiger partial charge on any atom is 0.309 e. The normalized spacial score (nSPS) is 31.1. The summed E-state index contributed by atoms with van der Waals surface area (Å²) >= 11 is 0. The molecule has 2 rings (SSSR count). The van der Waals surface area contributed by atoms with Crippen LogP contribution in [0.15, 0.2) is 0 Å². The van der Waals surface area contributed by atoms with Crippen molar-refractivity contribution in [2.24, 2.45) is 5.92 Å². The van der Waals surface area contributed by atoms with Gasteiger partial charge in [0.05, 0.1) is 12.0 Å². The predicted molar refractivity (Wildman–Crippen MR) is 64.7 cm³/mol. The number of carbonyl (C=O) groups is 1. The molecule has 0 bridgehead atoms. The molecule has 0 aromatic rings. The summed E-state index contributed by atoms with van der Waals surface area (Å²) in [7, 11) is 1.74. The fraction of sp³-hybridized carbons (Fsp3) is 0.923. The van der Waals surface area contributed by atoms with E-state index in [1.807, 2.05) is 0 Å². The smallest absolute Gasteiger partial charge is 0.309 e. The fourth-order valence-corrected chi connectivity index (χ4v) is 2.74. The zero-order chi connectivity index (χ0) is 12.1. The van der Waals surface area contributed by atoms with Gasteiger partial charge in [-0.15, -0.1) is 0 Å². The van der Waals surface area contributed by atoms with Crippen molar-refractivity contribution in [3.8, 4) is 0 Å². The Hall–Kier alpha value is -0.610. The standard InChI is InChI=1S/C13H23NO3/c1-16-11-3-2-4-12(9-11)17-13(15)10-5-7-14-8-6-10/h10-12,14H,2-9H2,1H3. The van der Waals surface area contributed by atoms with Gasteiger partial charge in [-0.05, 0) is 45.2 Å². The molecule has 4 nitrogen and oxygen atoms in total. The summed E-state index contributed by atoms with van der Waals surface area (Å²) in [5, 5.41) is 3.26. The van der Waals surface area contributed by atoms with Gasteiger partial charge in [0.2, 0.25) is 0 Å². The lowest BCUT2D eigenvalue weighted by atomic mass is 9.94. The van der Waals surface area contributed by atoms with Crippen LogP contribution in [0, 0.1) is 5.92 Å². The number of hydrogen-bond donors (Lipinski definition) is 1. The monoisotopic (exact) mass is 241 g/mol. The third kappa shape index (κ3) is 3.68. The highest BCUT2D eigenvalue weighted by Crippen LogP contribution is 2.25. The van der Waals surface area contributed by atoms with Gasteiger partial charge in [0.15, 0.2) is 0 Å². The largest absolute Gasteiger partial charge is 0.462 e. The minimum Gasteiger partial charge on any atom is -0.462 e. The fourth-order valence-electron chi connectivity index (χ4n) is 2.74. The van der Waals surface area contributed by atoms with Crippen molar-refractivity contribution < 1.29 is 14.3 Å². The van der Waals surface area contributed by atoms with Crippen LogP contribution in [0.1, 0.15) is 38.5 Å². The van der Waals surface area contributed by atoms with Crippen molar-refractivity contribution >= 4 is 5.97 Å². The van der Waals surface area contributed by atoms with Crippen LogP contribution in [0.25, 0.3) is 0 Å². The molecule has 2 aliphatic rings. The van der Waals surface area contributed by atoms with E-state index in [1.54, 1.807) is 7.11 Å². The van der Waals surface area contributed by atoms with Gasteiger partial charge in [0, 0.05) is 13.5 Å². The molecule has 2 fully saturated rings. The first kappa shape index (κ1) is 12.8. The van der Waals surface area contributed by atoms with Crippen molar-refractivity contribution in [3.05, 3.63) is 0 Å². The number of nitrogens with one attached hydrogen (secondary N) is 1. The number of carbonyl (C=O) groups excluding carboxylic acids is 1. The van der Waals surface area contributed by atoms with Gasteiger partial charge >= 0.3 is 5.97 Å². The average Bonchev–Trinajstić information content (AvgIpc) is 2.40. The Kier molecular flexibility index (Phi) is 4.80. The van der Waals surface area contributed by atoms with Crippen molar-refractivity contribution in [1.82, 2.24) is 5.32 Å². The van der Waals surface area contributed by atoms with E-state index in [-0.39, 0.29) is 24.1 Å². The van der Waals surface area contributed by atoms with Crippen LogP contribution < -0.4 is 5.32 Å². The average molecular weight is 241 g/mol. The Labute approximate surface area is 103 Å². The van der Waals surface area contributed by atoms with E-state index >= 15 is 0 Å². The third-order valence-corrected chi connectivity index (χ3v) is 3.87. The lowest BCUT2D eigenvalue weighted by molar-refractivity contribution is -0.158. The van der Waals surface area contributed by atoms with Gasteiger partial charge in [-0.3, -0.25) is 4.79 Å². The quantitative estimate of drug-likeness (QED) is 0.760. The zero-order valence-electron chi connectivity index (χ0n) is 10.6. The highest BCUT2D eigenvalue weighted by Gasteiger charge is 2.28. The second-order valence-electron chi connectivity index (χ2n) is 5.11. The minimum absolute atomic E-state index is 0.00764. The Balaban J connectivity index is 1.77. The molecule has 1 saturated carbocycles. The number of rotatable bonds is 3. The molecular formula is C13H23NO3. The van der Waals surface area contributed by atoms with Crippen molar-refractivity contribution in [3.63, 3.8) is 0 Å². The highest BCUT2D eigenvalue weighted by molar-refractivity contribution is 5.72. The van der Waals surface area contributed by atoms with Gasteiger partial charge in [0.1, 0.15) is 6.10 Å². The number of esters is 1. The molecule has 0 radical (unpaired) electrons. The molecule has 1 aliphatic heterocycles. The van der Waals surface area contributed by atoms with Gasteiger partial charge in [-0.2, -0.15) is 0 Å². The molecule has 17 heavy (non-hydrogen) atoms. The van der Waals surface area contributed by atoms with Crippen LogP contribution in [-0.2, 0) is 14.3 Å².